The van der Waals surface area contributed by atoms with Gasteiger partial charge in [0.1, 0.15) is 5.82 Å². The van der Waals surface area contributed by atoms with Gasteiger partial charge >= 0.3 is 0 Å². The van der Waals surface area contributed by atoms with Gasteiger partial charge in [0, 0.05) is 28.3 Å². The van der Waals surface area contributed by atoms with Crippen LogP contribution in [0.15, 0.2) is 89.5 Å². The highest BCUT2D eigenvalue weighted by atomic mass is 79.9. The van der Waals surface area contributed by atoms with Gasteiger partial charge in [0.2, 0.25) is 0 Å². The lowest BCUT2D eigenvalue weighted by Crippen LogP contribution is -2.23. The van der Waals surface area contributed by atoms with Crippen molar-refractivity contribution in [3.05, 3.63) is 112 Å². The van der Waals surface area contributed by atoms with Crippen LogP contribution in [0.25, 0.3) is 11.3 Å². The van der Waals surface area contributed by atoms with Crippen molar-refractivity contribution in [3.63, 3.8) is 0 Å². The second-order valence-electron chi connectivity index (χ2n) is 6.86. The third kappa shape index (κ3) is 4.66. The monoisotopic (exact) mass is 463 g/mol. The molecule has 0 aliphatic carbocycles. The average molecular weight is 464 g/mol. The minimum absolute atomic E-state index is 0.257. The number of carbonyl (C=O) groups is 1. The van der Waals surface area contributed by atoms with Crippen molar-refractivity contribution in [2.24, 2.45) is 0 Å². The molecular formula is C24H19BrFN3O. The van der Waals surface area contributed by atoms with Crippen LogP contribution in [-0.4, -0.2) is 15.7 Å². The quantitative estimate of drug-likeness (QED) is 0.414. The number of amides is 1. The van der Waals surface area contributed by atoms with E-state index in [1.165, 1.54) is 18.2 Å². The summed E-state index contributed by atoms with van der Waals surface area (Å²) in [5.74, 6) is -0.805. The molecule has 0 radical (unpaired) electrons. The lowest BCUT2D eigenvalue weighted by Gasteiger charge is -2.07. The van der Waals surface area contributed by atoms with Crippen molar-refractivity contribution in [1.82, 2.24) is 15.1 Å². The summed E-state index contributed by atoms with van der Waals surface area (Å²) in [4.78, 5) is 12.6. The van der Waals surface area contributed by atoms with Gasteiger partial charge in [-0.15, -0.1) is 0 Å². The number of hydrogen-bond acceptors (Lipinski definition) is 2. The zero-order valence-corrected chi connectivity index (χ0v) is 17.6. The molecule has 4 rings (SSSR count). The summed E-state index contributed by atoms with van der Waals surface area (Å²) in [6.45, 7) is 0.908. The summed E-state index contributed by atoms with van der Waals surface area (Å²) < 4.78 is 16.0. The number of halogens is 2. The van der Waals surface area contributed by atoms with Crippen LogP contribution in [0.3, 0.4) is 0 Å². The Balaban J connectivity index is 1.59. The van der Waals surface area contributed by atoms with Crippen LogP contribution in [0, 0.1) is 5.82 Å². The summed E-state index contributed by atoms with van der Waals surface area (Å²) in [6.07, 6.45) is 1.94. The van der Waals surface area contributed by atoms with E-state index in [4.69, 9.17) is 5.10 Å². The van der Waals surface area contributed by atoms with Gasteiger partial charge in [-0.2, -0.15) is 5.10 Å². The lowest BCUT2D eigenvalue weighted by atomic mass is 10.1. The smallest absolute Gasteiger partial charge is 0.252 e. The van der Waals surface area contributed by atoms with Crippen LogP contribution in [0.5, 0.6) is 0 Å². The number of benzene rings is 3. The van der Waals surface area contributed by atoms with E-state index in [1.54, 1.807) is 0 Å². The van der Waals surface area contributed by atoms with Gasteiger partial charge < -0.3 is 5.32 Å². The molecule has 0 fully saturated rings. The summed E-state index contributed by atoms with van der Waals surface area (Å²) in [5, 5.41) is 7.64. The van der Waals surface area contributed by atoms with Crippen LogP contribution in [-0.2, 0) is 13.1 Å². The third-order valence-electron chi connectivity index (χ3n) is 4.68. The summed E-state index contributed by atoms with van der Waals surface area (Å²) in [6, 6.07) is 24.0. The average Bonchev–Trinajstić information content (AvgIpc) is 3.17. The molecule has 4 nitrogen and oxygen atoms in total. The maximum Gasteiger partial charge on any atom is 0.252 e. The number of rotatable bonds is 6. The van der Waals surface area contributed by atoms with Gasteiger partial charge in [0.15, 0.2) is 0 Å². The van der Waals surface area contributed by atoms with Crippen LogP contribution in [0.4, 0.5) is 4.39 Å². The number of nitrogens with one attached hydrogen (secondary N) is 1. The normalized spacial score (nSPS) is 10.7. The Bertz CT molecular complexity index is 1160. The lowest BCUT2D eigenvalue weighted by molar-refractivity contribution is 0.0949. The standard InChI is InChI=1S/C24H19BrFN3O/c25-22-12-11-20(26)13-21(22)24(30)27-14-19-16-29(15-17-7-3-1-4-8-17)28-23(19)18-9-5-2-6-10-18/h1-13,16H,14-15H2,(H,27,30). The molecule has 0 aliphatic rings. The van der Waals surface area contributed by atoms with Crippen LogP contribution >= 0.6 is 15.9 Å². The number of aromatic nitrogens is 2. The topological polar surface area (TPSA) is 46.9 Å². The molecule has 0 aliphatic heterocycles. The summed E-state index contributed by atoms with van der Waals surface area (Å²) in [5.41, 5.74) is 4.07. The van der Waals surface area contributed by atoms with E-state index in [9.17, 15) is 9.18 Å². The summed E-state index contributed by atoms with van der Waals surface area (Å²) in [7, 11) is 0. The molecule has 30 heavy (non-hydrogen) atoms. The number of hydrogen-bond donors (Lipinski definition) is 1. The Morgan fingerprint density at radius 2 is 1.70 bits per heavy atom. The van der Waals surface area contributed by atoms with Crippen molar-refractivity contribution in [2.45, 2.75) is 13.1 Å². The minimum atomic E-state index is -0.455. The SMILES string of the molecule is O=C(NCc1cn(Cc2ccccc2)nc1-c1ccccc1)c1cc(F)ccc1Br. The van der Waals surface area contributed by atoms with Crippen LogP contribution in [0.2, 0.25) is 0 Å². The first-order valence-corrected chi connectivity index (χ1v) is 10.3. The summed E-state index contributed by atoms with van der Waals surface area (Å²) >= 11 is 3.31. The third-order valence-corrected chi connectivity index (χ3v) is 5.38. The van der Waals surface area contributed by atoms with Gasteiger partial charge in [-0.1, -0.05) is 60.7 Å². The van der Waals surface area contributed by atoms with Gasteiger partial charge in [-0.25, -0.2) is 4.39 Å². The molecule has 0 unspecified atom stereocenters. The minimum Gasteiger partial charge on any atom is -0.348 e. The Kier molecular flexibility index (Phi) is 6.05. The fraction of sp³-hybridized carbons (Fsp3) is 0.0833. The second-order valence-corrected chi connectivity index (χ2v) is 7.71. The Hall–Kier alpha value is -3.25. The highest BCUT2D eigenvalue weighted by Crippen LogP contribution is 2.23. The molecule has 0 saturated heterocycles. The van der Waals surface area contributed by atoms with Gasteiger partial charge in [-0.05, 0) is 39.7 Å². The molecule has 1 aromatic heterocycles. The Morgan fingerprint density at radius 3 is 2.43 bits per heavy atom. The first-order valence-electron chi connectivity index (χ1n) is 9.49. The van der Waals surface area contributed by atoms with Gasteiger partial charge in [0.05, 0.1) is 17.8 Å². The maximum atomic E-state index is 13.6. The molecule has 1 amide bonds. The maximum absolute atomic E-state index is 13.6. The molecule has 0 spiro atoms. The fourth-order valence-electron chi connectivity index (χ4n) is 3.22. The molecular weight excluding hydrogens is 445 g/mol. The molecule has 6 heteroatoms. The Morgan fingerprint density at radius 1 is 1.00 bits per heavy atom. The van der Waals surface area contributed by atoms with E-state index in [0.717, 1.165) is 22.4 Å². The van der Waals surface area contributed by atoms with Crippen LogP contribution < -0.4 is 5.32 Å². The molecule has 0 bridgehead atoms. The molecule has 4 aromatic rings. The van der Waals surface area contributed by atoms with E-state index in [1.807, 2.05) is 71.5 Å². The van der Waals surface area contributed by atoms with E-state index in [-0.39, 0.29) is 18.0 Å². The van der Waals surface area contributed by atoms with Crippen molar-refractivity contribution < 1.29 is 9.18 Å². The van der Waals surface area contributed by atoms with Crippen molar-refractivity contribution in [2.75, 3.05) is 0 Å². The second kappa shape index (κ2) is 9.05. The fourth-order valence-corrected chi connectivity index (χ4v) is 3.65. The molecule has 1 N–H and O–H groups in total. The first-order chi connectivity index (χ1) is 14.6. The van der Waals surface area contributed by atoms with E-state index in [0.29, 0.717) is 11.0 Å². The van der Waals surface area contributed by atoms with Crippen molar-refractivity contribution >= 4 is 21.8 Å². The highest BCUT2D eigenvalue weighted by molar-refractivity contribution is 9.10. The van der Waals surface area contributed by atoms with E-state index < -0.39 is 5.82 Å². The predicted molar refractivity (Wildman–Crippen MR) is 118 cm³/mol. The van der Waals surface area contributed by atoms with E-state index >= 15 is 0 Å². The van der Waals surface area contributed by atoms with E-state index in [2.05, 4.69) is 21.2 Å². The van der Waals surface area contributed by atoms with Gasteiger partial charge in [-0.3, -0.25) is 9.48 Å². The number of carbonyl (C=O) groups excluding carboxylic acids is 1. The predicted octanol–water partition coefficient (Wildman–Crippen LogP) is 5.43. The molecule has 150 valence electrons. The van der Waals surface area contributed by atoms with Crippen molar-refractivity contribution in [3.8, 4) is 11.3 Å². The molecule has 3 aromatic carbocycles. The van der Waals surface area contributed by atoms with Crippen molar-refractivity contribution in [1.29, 1.82) is 0 Å². The molecule has 0 saturated carbocycles. The first kappa shape index (κ1) is 20.0. The van der Waals surface area contributed by atoms with Gasteiger partial charge in [0.25, 0.3) is 5.91 Å². The Labute approximate surface area is 182 Å². The highest BCUT2D eigenvalue weighted by Gasteiger charge is 2.15. The zero-order valence-electron chi connectivity index (χ0n) is 16.1. The molecule has 1 heterocycles. The molecule has 0 atom stereocenters. The van der Waals surface area contributed by atoms with Crippen LogP contribution in [0.1, 0.15) is 21.5 Å². The number of nitrogens with zero attached hydrogens (tertiary/aromatic N) is 2. The largest absolute Gasteiger partial charge is 0.348 e. The zero-order chi connectivity index (χ0) is 20.9.